The summed E-state index contributed by atoms with van der Waals surface area (Å²) in [4.78, 5) is 5.36. The molecule has 0 bridgehead atoms. The molecule has 6 aromatic carbocycles. The molecule has 0 amide bonds. The van der Waals surface area contributed by atoms with Gasteiger partial charge in [-0.25, -0.2) is 4.98 Å². The van der Waals surface area contributed by atoms with Gasteiger partial charge in [-0.15, -0.1) is 0 Å². The Hall–Kier alpha value is -5.65. The fourth-order valence-corrected chi connectivity index (χ4v) is 7.09. The molecule has 2 N–H and O–H groups in total. The van der Waals surface area contributed by atoms with Gasteiger partial charge in [0.05, 0.1) is 16.7 Å². The van der Waals surface area contributed by atoms with E-state index in [2.05, 4.69) is 144 Å². The number of ether oxygens (including phenoxy) is 1. The van der Waals surface area contributed by atoms with Crippen LogP contribution in [0.25, 0.3) is 61.1 Å². The van der Waals surface area contributed by atoms with Crippen LogP contribution in [-0.4, -0.2) is 9.55 Å². The number of hydrogen-bond donors (Lipinski definition) is 1. The second-order valence-corrected chi connectivity index (χ2v) is 14.6. The Morgan fingerprint density at radius 2 is 1.26 bits per heavy atom. The minimum Gasteiger partial charge on any atom is -0.457 e. The summed E-state index contributed by atoms with van der Waals surface area (Å²) in [6, 6.07) is 52.4. The summed E-state index contributed by atoms with van der Waals surface area (Å²) < 4.78 is 9.53. The number of para-hydroxylation sites is 2. The third-order valence-corrected chi connectivity index (χ3v) is 9.72. The number of nitrogen functional groups attached to an aromatic ring is 1. The molecule has 0 saturated carbocycles. The maximum Gasteiger partial charge on any atom is 0.138 e. The fraction of sp³-hybridized carbons (Fsp3) is 0.0889. The second kappa shape index (κ2) is 12.7. The molecule has 8 rings (SSSR count). The lowest BCUT2D eigenvalue weighted by Crippen LogP contribution is -2.11. The number of anilines is 1. The van der Waals surface area contributed by atoms with Crippen molar-refractivity contribution in [3.63, 3.8) is 0 Å². The predicted molar refractivity (Wildman–Crippen MR) is 212 cm³/mol. The van der Waals surface area contributed by atoms with Crippen molar-refractivity contribution < 1.29 is 4.74 Å². The molecule has 5 heteroatoms. The maximum atomic E-state index is 6.49. The summed E-state index contributed by atoms with van der Waals surface area (Å²) in [5.41, 5.74) is 16.9. The zero-order valence-corrected chi connectivity index (χ0v) is 29.8. The summed E-state index contributed by atoms with van der Waals surface area (Å²) in [6.45, 7) is 6.77. The zero-order valence-electron chi connectivity index (χ0n) is 28.2. The predicted octanol–water partition coefficient (Wildman–Crippen LogP) is 12.6. The van der Waals surface area contributed by atoms with E-state index < -0.39 is 0 Å². The Morgan fingerprint density at radius 1 is 0.580 bits per heavy atom. The van der Waals surface area contributed by atoms with E-state index in [1.807, 2.05) is 48.5 Å². The average Bonchev–Trinajstić information content (AvgIpc) is 3.45. The van der Waals surface area contributed by atoms with Gasteiger partial charge in [0.1, 0.15) is 17.3 Å². The Morgan fingerprint density at radius 3 is 2.06 bits per heavy atom. The van der Waals surface area contributed by atoms with E-state index in [9.17, 15) is 0 Å². The van der Waals surface area contributed by atoms with Crippen molar-refractivity contribution in [3.05, 3.63) is 162 Å². The van der Waals surface area contributed by atoms with E-state index in [0.717, 1.165) is 82.8 Å². The van der Waals surface area contributed by atoms with E-state index in [0.29, 0.717) is 0 Å². The fourth-order valence-electron chi connectivity index (χ4n) is 6.71. The standard InChI is InChI=1S/C45H36BrN3O/c1-45(2,3)31-25-29(35-14-4-5-15-36(35)37-16-6-8-18-40(37)47)24-30(26-31)41-19-11-21-44(48-41)49-42-20-9-7-17-38(42)39-23-22-34(28-43(39)49)50-33-13-10-12-32(46)27-33/h4-28H,47H2,1-3H3. The minimum absolute atomic E-state index is 0.0827. The van der Waals surface area contributed by atoms with E-state index in [1.165, 1.54) is 5.56 Å². The molecule has 0 fully saturated rings. The van der Waals surface area contributed by atoms with Crippen LogP contribution in [0.3, 0.4) is 0 Å². The summed E-state index contributed by atoms with van der Waals surface area (Å²) in [7, 11) is 0. The highest BCUT2D eigenvalue weighted by Crippen LogP contribution is 2.40. The molecule has 2 heterocycles. The normalized spacial score (nSPS) is 11.7. The number of nitrogens with two attached hydrogens (primary N) is 1. The van der Waals surface area contributed by atoms with Crippen LogP contribution in [0.1, 0.15) is 26.3 Å². The Balaban J connectivity index is 1.29. The van der Waals surface area contributed by atoms with Crippen LogP contribution in [-0.2, 0) is 5.41 Å². The topological polar surface area (TPSA) is 53.1 Å². The number of aromatic nitrogens is 2. The largest absolute Gasteiger partial charge is 0.457 e. The summed E-state index contributed by atoms with van der Waals surface area (Å²) in [5.74, 6) is 2.37. The summed E-state index contributed by atoms with van der Waals surface area (Å²) in [6.07, 6.45) is 0. The van der Waals surface area contributed by atoms with E-state index in [-0.39, 0.29) is 5.41 Å². The second-order valence-electron chi connectivity index (χ2n) is 13.7. The van der Waals surface area contributed by atoms with Crippen molar-refractivity contribution in [1.29, 1.82) is 0 Å². The lowest BCUT2D eigenvalue weighted by Gasteiger charge is -2.22. The highest BCUT2D eigenvalue weighted by molar-refractivity contribution is 9.10. The van der Waals surface area contributed by atoms with Gasteiger partial charge in [-0.1, -0.05) is 116 Å². The molecule has 0 saturated heterocycles. The van der Waals surface area contributed by atoms with E-state index in [1.54, 1.807) is 0 Å². The van der Waals surface area contributed by atoms with Gasteiger partial charge in [0.25, 0.3) is 0 Å². The summed E-state index contributed by atoms with van der Waals surface area (Å²) in [5, 5.41) is 2.31. The van der Waals surface area contributed by atoms with Crippen molar-refractivity contribution in [2.24, 2.45) is 0 Å². The van der Waals surface area contributed by atoms with Crippen molar-refractivity contribution in [1.82, 2.24) is 9.55 Å². The number of nitrogens with zero attached hydrogens (tertiary/aromatic N) is 2. The number of halogens is 1. The van der Waals surface area contributed by atoms with Gasteiger partial charge in [-0.2, -0.15) is 0 Å². The lowest BCUT2D eigenvalue weighted by atomic mass is 9.83. The highest BCUT2D eigenvalue weighted by atomic mass is 79.9. The third kappa shape index (κ3) is 5.95. The average molecular weight is 715 g/mol. The Labute approximate surface area is 300 Å². The number of rotatable bonds is 6. The van der Waals surface area contributed by atoms with Crippen molar-refractivity contribution in [2.45, 2.75) is 26.2 Å². The van der Waals surface area contributed by atoms with Gasteiger partial charge >= 0.3 is 0 Å². The van der Waals surface area contributed by atoms with Crippen LogP contribution in [0.2, 0.25) is 0 Å². The molecule has 4 nitrogen and oxygen atoms in total. The monoisotopic (exact) mass is 713 g/mol. The first kappa shape index (κ1) is 31.6. The van der Waals surface area contributed by atoms with Crippen LogP contribution in [0.15, 0.2) is 156 Å². The molecule has 0 radical (unpaired) electrons. The van der Waals surface area contributed by atoms with Gasteiger partial charge in [-0.3, -0.25) is 4.57 Å². The van der Waals surface area contributed by atoms with E-state index >= 15 is 0 Å². The number of hydrogen-bond acceptors (Lipinski definition) is 3. The molecular formula is C45H36BrN3O. The first-order valence-corrected chi connectivity index (χ1v) is 17.6. The lowest BCUT2D eigenvalue weighted by molar-refractivity contribution is 0.483. The Kier molecular flexibility index (Phi) is 8.01. The van der Waals surface area contributed by atoms with Crippen LogP contribution in [0, 0.1) is 0 Å². The number of benzene rings is 6. The third-order valence-electron chi connectivity index (χ3n) is 9.22. The molecule has 0 spiro atoms. The molecular weight excluding hydrogens is 678 g/mol. The molecule has 2 aromatic heterocycles. The van der Waals surface area contributed by atoms with Gasteiger partial charge in [0.15, 0.2) is 0 Å². The first-order valence-electron chi connectivity index (χ1n) is 16.8. The smallest absolute Gasteiger partial charge is 0.138 e. The molecule has 8 aromatic rings. The Bertz CT molecular complexity index is 2540. The maximum absolute atomic E-state index is 6.49. The molecule has 0 aliphatic rings. The SMILES string of the molecule is CC(C)(C)c1cc(-c2cccc(-n3c4ccccc4c4ccc(Oc5cccc(Br)c5)cc43)n2)cc(-c2ccccc2-c2ccccc2N)c1. The number of fused-ring (bicyclic) bond motifs is 3. The van der Waals surface area contributed by atoms with Crippen molar-refractivity contribution in [3.8, 4) is 50.8 Å². The van der Waals surface area contributed by atoms with Crippen molar-refractivity contribution in [2.75, 3.05) is 5.73 Å². The zero-order chi connectivity index (χ0) is 34.4. The quantitative estimate of drug-likeness (QED) is 0.175. The van der Waals surface area contributed by atoms with Gasteiger partial charge < -0.3 is 10.5 Å². The van der Waals surface area contributed by atoms with Crippen LogP contribution in [0.4, 0.5) is 5.69 Å². The molecule has 244 valence electrons. The molecule has 0 atom stereocenters. The molecule has 0 aliphatic carbocycles. The van der Waals surface area contributed by atoms with Crippen molar-refractivity contribution >= 4 is 43.4 Å². The highest BCUT2D eigenvalue weighted by Gasteiger charge is 2.20. The van der Waals surface area contributed by atoms with Gasteiger partial charge in [0, 0.05) is 38.1 Å². The van der Waals surface area contributed by atoms with Crippen LogP contribution >= 0.6 is 15.9 Å². The molecule has 0 unspecified atom stereocenters. The van der Waals surface area contributed by atoms with E-state index in [4.69, 9.17) is 15.5 Å². The minimum atomic E-state index is -0.0827. The molecule has 0 aliphatic heterocycles. The van der Waals surface area contributed by atoms with Gasteiger partial charge in [0.2, 0.25) is 0 Å². The van der Waals surface area contributed by atoms with Gasteiger partial charge in [-0.05, 0) is 94.4 Å². The number of pyridine rings is 1. The molecule has 50 heavy (non-hydrogen) atoms. The van der Waals surface area contributed by atoms with Crippen LogP contribution < -0.4 is 10.5 Å². The first-order chi connectivity index (χ1) is 24.2. The van der Waals surface area contributed by atoms with Crippen LogP contribution in [0.5, 0.6) is 11.5 Å². The summed E-state index contributed by atoms with van der Waals surface area (Å²) >= 11 is 3.56.